The van der Waals surface area contributed by atoms with Gasteiger partial charge in [0.15, 0.2) is 0 Å². The third-order valence-corrected chi connectivity index (χ3v) is 4.31. The molecule has 0 radical (unpaired) electrons. The van der Waals surface area contributed by atoms with Gasteiger partial charge in [0.2, 0.25) is 5.91 Å². The Labute approximate surface area is 122 Å². The smallest absolute Gasteiger partial charge is 0.368 e. The van der Waals surface area contributed by atoms with Crippen LogP contribution >= 0.6 is 0 Å². The molecule has 2 N–H and O–H groups in total. The second-order valence-corrected chi connectivity index (χ2v) is 6.01. The molecule has 1 saturated heterocycles. The summed E-state index contributed by atoms with van der Waals surface area (Å²) in [4.78, 5) is 12.9. The normalized spacial score (nSPS) is 28.7. The first-order valence-corrected chi connectivity index (χ1v) is 7.61. The van der Waals surface area contributed by atoms with Crippen LogP contribution in [0.25, 0.3) is 0 Å². The molecule has 2 unspecified atom stereocenters. The summed E-state index contributed by atoms with van der Waals surface area (Å²) >= 11 is 0. The highest BCUT2D eigenvalue weighted by atomic mass is 19.4. The molecule has 0 aromatic rings. The molecule has 1 saturated carbocycles. The standard InChI is InChI=1S/C14H23F3N2O2/c15-14(16,17)12-7-6-10(18)8-19(12)13(20)9-21-11-4-2-1-3-5-11/h10-12H,1-9,18H2. The highest BCUT2D eigenvalue weighted by Gasteiger charge is 2.47. The van der Waals surface area contributed by atoms with Gasteiger partial charge < -0.3 is 15.4 Å². The Morgan fingerprint density at radius 2 is 1.81 bits per heavy atom. The minimum atomic E-state index is -4.40. The van der Waals surface area contributed by atoms with Crippen LogP contribution in [-0.4, -0.2) is 48.3 Å². The lowest BCUT2D eigenvalue weighted by molar-refractivity contribution is -0.199. The van der Waals surface area contributed by atoms with E-state index in [-0.39, 0.29) is 38.1 Å². The molecule has 1 heterocycles. The van der Waals surface area contributed by atoms with Crippen molar-refractivity contribution in [1.29, 1.82) is 0 Å². The number of hydrogen-bond donors (Lipinski definition) is 1. The van der Waals surface area contributed by atoms with Crippen molar-refractivity contribution in [3.63, 3.8) is 0 Å². The summed E-state index contributed by atoms with van der Waals surface area (Å²) in [5.74, 6) is -0.599. The second kappa shape index (κ2) is 6.96. The average molecular weight is 308 g/mol. The quantitative estimate of drug-likeness (QED) is 0.870. The molecule has 2 fully saturated rings. The summed E-state index contributed by atoms with van der Waals surface area (Å²) in [5, 5.41) is 0. The van der Waals surface area contributed by atoms with Crippen LogP contribution in [0.4, 0.5) is 13.2 Å². The Hall–Kier alpha value is -0.820. The Balaban J connectivity index is 1.90. The van der Waals surface area contributed by atoms with Gasteiger partial charge in [-0.25, -0.2) is 0 Å². The van der Waals surface area contributed by atoms with Crippen molar-refractivity contribution in [2.45, 2.75) is 69.3 Å². The molecule has 0 spiro atoms. The van der Waals surface area contributed by atoms with Crippen LogP contribution in [0.15, 0.2) is 0 Å². The van der Waals surface area contributed by atoms with Gasteiger partial charge in [-0.05, 0) is 25.7 Å². The molecule has 122 valence electrons. The Morgan fingerprint density at radius 1 is 1.14 bits per heavy atom. The van der Waals surface area contributed by atoms with Gasteiger partial charge in [0, 0.05) is 12.6 Å². The molecule has 21 heavy (non-hydrogen) atoms. The first-order valence-electron chi connectivity index (χ1n) is 7.61. The molecule has 7 heteroatoms. The van der Waals surface area contributed by atoms with Gasteiger partial charge in [-0.1, -0.05) is 19.3 Å². The van der Waals surface area contributed by atoms with Crippen molar-refractivity contribution in [2.75, 3.05) is 13.2 Å². The zero-order valence-corrected chi connectivity index (χ0v) is 12.1. The lowest BCUT2D eigenvalue weighted by Gasteiger charge is -2.39. The number of nitrogens with zero attached hydrogens (tertiary/aromatic N) is 1. The molecule has 0 aromatic carbocycles. The van der Waals surface area contributed by atoms with Gasteiger partial charge in [-0.2, -0.15) is 13.2 Å². The predicted octanol–water partition coefficient (Wildman–Crippen LogP) is 2.22. The van der Waals surface area contributed by atoms with Crippen molar-refractivity contribution in [3.8, 4) is 0 Å². The number of alkyl halides is 3. The van der Waals surface area contributed by atoms with Gasteiger partial charge >= 0.3 is 6.18 Å². The van der Waals surface area contributed by atoms with Crippen LogP contribution in [-0.2, 0) is 9.53 Å². The number of nitrogens with two attached hydrogens (primary N) is 1. The van der Waals surface area contributed by atoms with E-state index in [0.717, 1.165) is 37.0 Å². The molecular weight excluding hydrogens is 285 g/mol. The van der Waals surface area contributed by atoms with Crippen LogP contribution in [0, 0.1) is 0 Å². The summed E-state index contributed by atoms with van der Waals surface area (Å²) in [6.07, 6.45) is 0.802. The predicted molar refractivity (Wildman–Crippen MR) is 71.6 cm³/mol. The van der Waals surface area contributed by atoms with Crippen LogP contribution in [0.2, 0.25) is 0 Å². The van der Waals surface area contributed by atoms with Gasteiger partial charge in [0.1, 0.15) is 12.6 Å². The molecule has 0 aromatic heterocycles. The van der Waals surface area contributed by atoms with E-state index in [9.17, 15) is 18.0 Å². The van der Waals surface area contributed by atoms with Crippen LogP contribution < -0.4 is 5.73 Å². The number of halogens is 3. The fraction of sp³-hybridized carbons (Fsp3) is 0.929. The van der Waals surface area contributed by atoms with E-state index in [0.29, 0.717) is 0 Å². The molecule has 1 aliphatic heterocycles. The first kappa shape index (κ1) is 16.5. The van der Waals surface area contributed by atoms with E-state index in [1.807, 2.05) is 0 Å². The fourth-order valence-electron chi connectivity index (χ4n) is 3.12. The van der Waals surface area contributed by atoms with E-state index >= 15 is 0 Å². The summed E-state index contributed by atoms with van der Waals surface area (Å²) < 4.78 is 44.5. The first-order chi connectivity index (χ1) is 9.88. The third kappa shape index (κ3) is 4.57. The van der Waals surface area contributed by atoms with Gasteiger partial charge in [0.25, 0.3) is 0 Å². The summed E-state index contributed by atoms with van der Waals surface area (Å²) in [6.45, 7) is -0.318. The molecule has 0 bridgehead atoms. The number of rotatable bonds is 3. The molecule has 1 aliphatic carbocycles. The third-order valence-electron chi connectivity index (χ3n) is 4.31. The van der Waals surface area contributed by atoms with E-state index in [2.05, 4.69) is 0 Å². The highest BCUT2D eigenvalue weighted by molar-refractivity contribution is 5.78. The molecule has 2 rings (SSSR count). The van der Waals surface area contributed by atoms with Crippen molar-refractivity contribution >= 4 is 5.91 Å². The van der Waals surface area contributed by atoms with Gasteiger partial charge in [-0.15, -0.1) is 0 Å². The van der Waals surface area contributed by atoms with Crippen molar-refractivity contribution in [1.82, 2.24) is 4.90 Å². The fourth-order valence-corrected chi connectivity index (χ4v) is 3.12. The molecule has 1 amide bonds. The number of carbonyl (C=O) groups is 1. The SMILES string of the molecule is NC1CCC(C(F)(F)F)N(C(=O)COC2CCCCC2)C1. The van der Waals surface area contributed by atoms with E-state index in [4.69, 9.17) is 10.5 Å². The van der Waals surface area contributed by atoms with Crippen molar-refractivity contribution in [2.24, 2.45) is 5.73 Å². The number of amides is 1. The van der Waals surface area contributed by atoms with E-state index in [1.54, 1.807) is 0 Å². The zero-order chi connectivity index (χ0) is 15.5. The van der Waals surface area contributed by atoms with Gasteiger partial charge in [-0.3, -0.25) is 4.79 Å². The summed E-state index contributed by atoms with van der Waals surface area (Å²) in [7, 11) is 0. The number of ether oxygens (including phenoxy) is 1. The maximum absolute atomic E-state index is 13.0. The maximum Gasteiger partial charge on any atom is 0.408 e. The topological polar surface area (TPSA) is 55.6 Å². The number of likely N-dealkylation sites (tertiary alicyclic amines) is 1. The van der Waals surface area contributed by atoms with Crippen molar-refractivity contribution in [3.05, 3.63) is 0 Å². The van der Waals surface area contributed by atoms with Crippen LogP contribution in [0.3, 0.4) is 0 Å². The minimum Gasteiger partial charge on any atom is -0.368 e. The Kier molecular flexibility index (Phi) is 5.48. The monoisotopic (exact) mass is 308 g/mol. The zero-order valence-electron chi connectivity index (χ0n) is 12.1. The molecule has 2 aliphatic rings. The minimum absolute atomic E-state index is 0.00509. The summed E-state index contributed by atoms with van der Waals surface area (Å²) in [6, 6.07) is -2.11. The molecular formula is C14H23F3N2O2. The molecule has 4 nitrogen and oxygen atoms in total. The van der Waals surface area contributed by atoms with E-state index < -0.39 is 18.1 Å². The van der Waals surface area contributed by atoms with Gasteiger partial charge in [0.05, 0.1) is 6.10 Å². The maximum atomic E-state index is 13.0. The Morgan fingerprint density at radius 3 is 2.43 bits per heavy atom. The number of hydrogen-bond acceptors (Lipinski definition) is 3. The second-order valence-electron chi connectivity index (χ2n) is 6.01. The van der Waals surface area contributed by atoms with Crippen molar-refractivity contribution < 1.29 is 22.7 Å². The van der Waals surface area contributed by atoms with E-state index in [1.165, 1.54) is 0 Å². The van der Waals surface area contributed by atoms with Crippen LogP contribution in [0.1, 0.15) is 44.9 Å². The number of carbonyl (C=O) groups excluding carboxylic acids is 1. The average Bonchev–Trinajstić information content (AvgIpc) is 2.44. The van der Waals surface area contributed by atoms with Crippen LogP contribution in [0.5, 0.6) is 0 Å². The summed E-state index contributed by atoms with van der Waals surface area (Å²) in [5.41, 5.74) is 5.71. The molecule has 2 atom stereocenters. The lowest BCUT2D eigenvalue weighted by atomic mass is 9.97. The lowest BCUT2D eigenvalue weighted by Crippen LogP contribution is -2.57. The largest absolute Gasteiger partial charge is 0.408 e. The number of piperidine rings is 1. The Bertz CT molecular complexity index is 357. The highest BCUT2D eigenvalue weighted by Crippen LogP contribution is 2.31.